The molecule has 2 aromatic rings. The Morgan fingerprint density at radius 2 is 1.64 bits per heavy atom. The van der Waals surface area contributed by atoms with E-state index in [1.54, 1.807) is 48.5 Å². The molecule has 2 N–H and O–H groups in total. The van der Waals surface area contributed by atoms with Crippen molar-refractivity contribution >= 4 is 40.8 Å². The number of halogens is 1. The van der Waals surface area contributed by atoms with Gasteiger partial charge in [-0.1, -0.05) is 23.7 Å². The monoisotopic (exact) mass is 404 g/mol. The molecule has 2 rings (SSSR count). The van der Waals surface area contributed by atoms with Gasteiger partial charge in [0, 0.05) is 23.6 Å². The highest BCUT2D eigenvalue weighted by molar-refractivity contribution is 6.30. The Morgan fingerprint density at radius 1 is 0.929 bits per heavy atom. The average Bonchev–Trinajstić information content (AvgIpc) is 2.68. The van der Waals surface area contributed by atoms with Gasteiger partial charge in [-0.15, -0.1) is 0 Å². The van der Waals surface area contributed by atoms with Crippen LogP contribution in [-0.2, 0) is 19.1 Å². The van der Waals surface area contributed by atoms with Gasteiger partial charge < -0.3 is 20.1 Å². The maximum atomic E-state index is 12.0. The van der Waals surface area contributed by atoms with Gasteiger partial charge in [-0.05, 0) is 42.8 Å². The van der Waals surface area contributed by atoms with Gasteiger partial charge in [0.2, 0.25) is 5.91 Å². The fraction of sp³-hybridized carbons (Fsp3) is 0.250. The summed E-state index contributed by atoms with van der Waals surface area (Å²) in [5.41, 5.74) is 1.12. The lowest BCUT2D eigenvalue weighted by molar-refractivity contribution is -0.147. The van der Waals surface area contributed by atoms with E-state index in [0.717, 1.165) is 0 Å². The van der Waals surface area contributed by atoms with E-state index in [2.05, 4.69) is 10.6 Å². The second-order valence-corrected chi connectivity index (χ2v) is 6.25. The third-order valence-corrected chi connectivity index (χ3v) is 3.91. The molecule has 0 aromatic heterocycles. The summed E-state index contributed by atoms with van der Waals surface area (Å²) in [7, 11) is 1.52. The van der Waals surface area contributed by atoms with Crippen LogP contribution in [0.5, 0.6) is 5.75 Å². The molecule has 0 aliphatic heterocycles. The molecule has 0 fully saturated rings. The van der Waals surface area contributed by atoms with Crippen molar-refractivity contribution in [2.75, 3.05) is 24.4 Å². The average molecular weight is 405 g/mol. The van der Waals surface area contributed by atoms with Crippen LogP contribution in [0, 0.1) is 0 Å². The van der Waals surface area contributed by atoms with Gasteiger partial charge in [0.1, 0.15) is 5.75 Å². The number of nitrogens with one attached hydrogen (secondary N) is 2. The van der Waals surface area contributed by atoms with Crippen molar-refractivity contribution < 1.29 is 23.9 Å². The van der Waals surface area contributed by atoms with Crippen LogP contribution in [0.25, 0.3) is 0 Å². The van der Waals surface area contributed by atoms with Crippen molar-refractivity contribution in [2.24, 2.45) is 0 Å². The number of hydrogen-bond donors (Lipinski definition) is 2. The number of esters is 1. The fourth-order valence-electron chi connectivity index (χ4n) is 2.30. The van der Waals surface area contributed by atoms with Gasteiger partial charge in [-0.25, -0.2) is 0 Å². The molecule has 7 nitrogen and oxygen atoms in total. The second kappa shape index (κ2) is 10.9. The van der Waals surface area contributed by atoms with E-state index in [9.17, 15) is 14.4 Å². The molecule has 0 aliphatic carbocycles. The zero-order chi connectivity index (χ0) is 20.4. The number of rotatable bonds is 9. The van der Waals surface area contributed by atoms with Crippen molar-refractivity contribution in [1.29, 1.82) is 0 Å². The quantitative estimate of drug-likeness (QED) is 0.622. The minimum atomic E-state index is -0.545. The summed E-state index contributed by atoms with van der Waals surface area (Å²) in [4.78, 5) is 35.4. The number of anilines is 2. The maximum absolute atomic E-state index is 12.0. The molecule has 0 saturated carbocycles. The number of methoxy groups -OCH3 is 1. The standard InChI is InChI=1S/C20H21ClN2O5/c1-27-17-6-3-2-5-16(17)23-18(24)7-4-8-20(26)28-13-19(25)22-15-11-9-14(21)10-12-15/h2-3,5-6,9-12H,4,7-8,13H2,1H3,(H,22,25)(H,23,24). The highest BCUT2D eigenvalue weighted by Gasteiger charge is 2.11. The van der Waals surface area contributed by atoms with Gasteiger partial charge in [-0.2, -0.15) is 0 Å². The molecule has 0 unspecified atom stereocenters. The number of ether oxygens (including phenoxy) is 2. The molecule has 8 heteroatoms. The topological polar surface area (TPSA) is 93.7 Å². The van der Waals surface area contributed by atoms with Crippen LogP contribution in [0.4, 0.5) is 11.4 Å². The van der Waals surface area contributed by atoms with Gasteiger partial charge >= 0.3 is 5.97 Å². The van der Waals surface area contributed by atoms with Crippen LogP contribution in [0.3, 0.4) is 0 Å². The van der Waals surface area contributed by atoms with Crippen molar-refractivity contribution in [3.8, 4) is 5.75 Å². The molecule has 0 spiro atoms. The molecule has 0 saturated heterocycles. The highest BCUT2D eigenvalue weighted by atomic mass is 35.5. The number of hydrogen-bond acceptors (Lipinski definition) is 5. The number of amides is 2. The smallest absolute Gasteiger partial charge is 0.306 e. The first kappa shape index (κ1) is 21.2. The Hall–Kier alpha value is -3.06. The van der Waals surface area contributed by atoms with Gasteiger partial charge in [0.05, 0.1) is 12.8 Å². The van der Waals surface area contributed by atoms with Crippen molar-refractivity contribution in [3.05, 3.63) is 53.6 Å². The number of carbonyl (C=O) groups is 3. The fourth-order valence-corrected chi connectivity index (χ4v) is 2.43. The minimum absolute atomic E-state index is 0.0353. The van der Waals surface area contributed by atoms with E-state index in [4.69, 9.17) is 21.1 Å². The van der Waals surface area contributed by atoms with Crippen LogP contribution in [0.15, 0.2) is 48.5 Å². The first-order valence-electron chi connectivity index (χ1n) is 8.62. The molecule has 0 bridgehead atoms. The van der Waals surface area contributed by atoms with Gasteiger partial charge in [0.25, 0.3) is 5.91 Å². The summed E-state index contributed by atoms with van der Waals surface area (Å²) in [5.74, 6) is -0.680. The summed E-state index contributed by atoms with van der Waals surface area (Å²) in [6, 6.07) is 13.6. The predicted octanol–water partition coefficient (Wildman–Crippen LogP) is 3.64. The Labute approximate surface area is 168 Å². The number of benzene rings is 2. The first-order valence-corrected chi connectivity index (χ1v) is 8.99. The molecule has 2 aromatic carbocycles. The molecule has 0 aliphatic rings. The third-order valence-electron chi connectivity index (χ3n) is 3.66. The van der Waals surface area contributed by atoms with E-state index in [1.807, 2.05) is 0 Å². The normalized spacial score (nSPS) is 10.1. The molecule has 0 atom stereocenters. The van der Waals surface area contributed by atoms with Crippen molar-refractivity contribution in [1.82, 2.24) is 0 Å². The van der Waals surface area contributed by atoms with Crippen LogP contribution in [-0.4, -0.2) is 31.5 Å². The second-order valence-electron chi connectivity index (χ2n) is 5.82. The molecular weight excluding hydrogens is 384 g/mol. The zero-order valence-electron chi connectivity index (χ0n) is 15.4. The maximum Gasteiger partial charge on any atom is 0.306 e. The lowest BCUT2D eigenvalue weighted by atomic mass is 10.2. The van der Waals surface area contributed by atoms with Gasteiger partial charge in [-0.3, -0.25) is 14.4 Å². The van der Waals surface area contributed by atoms with E-state index < -0.39 is 18.5 Å². The Bertz CT molecular complexity index is 824. The lowest BCUT2D eigenvalue weighted by Gasteiger charge is -2.09. The van der Waals surface area contributed by atoms with Gasteiger partial charge in [0.15, 0.2) is 6.61 Å². The van der Waals surface area contributed by atoms with E-state index >= 15 is 0 Å². The van der Waals surface area contributed by atoms with E-state index in [0.29, 0.717) is 28.6 Å². The van der Waals surface area contributed by atoms with Crippen molar-refractivity contribution in [3.63, 3.8) is 0 Å². The molecule has 0 radical (unpaired) electrons. The summed E-state index contributed by atoms with van der Waals surface area (Å²) in [6.07, 6.45) is 0.482. The Kier molecular flexibility index (Phi) is 8.30. The van der Waals surface area contributed by atoms with Crippen molar-refractivity contribution in [2.45, 2.75) is 19.3 Å². The Balaban J connectivity index is 1.64. The Morgan fingerprint density at radius 3 is 2.36 bits per heavy atom. The van der Waals surface area contributed by atoms with Crippen LogP contribution in [0.2, 0.25) is 5.02 Å². The van der Waals surface area contributed by atoms with Crippen LogP contribution in [0.1, 0.15) is 19.3 Å². The van der Waals surface area contributed by atoms with E-state index in [1.165, 1.54) is 7.11 Å². The molecular formula is C20H21ClN2O5. The van der Waals surface area contributed by atoms with Crippen LogP contribution < -0.4 is 15.4 Å². The third kappa shape index (κ3) is 7.28. The molecule has 0 heterocycles. The largest absolute Gasteiger partial charge is 0.495 e. The van der Waals surface area contributed by atoms with E-state index in [-0.39, 0.29) is 18.7 Å². The molecule has 148 valence electrons. The zero-order valence-corrected chi connectivity index (χ0v) is 16.1. The first-order chi connectivity index (χ1) is 13.5. The summed E-state index contributed by atoms with van der Waals surface area (Å²) < 4.78 is 10.1. The number of carbonyl (C=O) groups excluding carboxylic acids is 3. The summed E-state index contributed by atoms with van der Waals surface area (Å²) in [6.45, 7) is -0.394. The molecule has 2 amide bonds. The number of para-hydroxylation sites is 2. The minimum Gasteiger partial charge on any atom is -0.495 e. The highest BCUT2D eigenvalue weighted by Crippen LogP contribution is 2.23. The SMILES string of the molecule is COc1ccccc1NC(=O)CCCC(=O)OCC(=O)Nc1ccc(Cl)cc1. The molecule has 28 heavy (non-hydrogen) atoms. The lowest BCUT2D eigenvalue weighted by Crippen LogP contribution is -2.21. The summed E-state index contributed by atoms with van der Waals surface area (Å²) >= 11 is 5.77. The van der Waals surface area contributed by atoms with Crippen LogP contribution >= 0.6 is 11.6 Å². The summed E-state index contributed by atoms with van der Waals surface area (Å²) in [5, 5.41) is 5.87. The predicted molar refractivity (Wildman–Crippen MR) is 107 cm³/mol.